The number of hydrogen-bond donors (Lipinski definition) is 0. The van der Waals surface area contributed by atoms with Crippen LogP contribution in [0.25, 0.3) is 0 Å². The van der Waals surface area contributed by atoms with E-state index >= 15 is 0 Å². The van der Waals surface area contributed by atoms with E-state index in [0.29, 0.717) is 0 Å². The Morgan fingerprint density at radius 3 is 1.44 bits per heavy atom. The minimum Gasteiger partial charge on any atom is -0.308 e. The van der Waals surface area contributed by atoms with Crippen LogP contribution in [0.2, 0.25) is 0 Å². The minimum absolute atomic E-state index is 0.180. The van der Waals surface area contributed by atoms with E-state index in [1.54, 1.807) is 27.7 Å². The van der Waals surface area contributed by atoms with Gasteiger partial charge in [-0.25, -0.2) is 0 Å². The van der Waals surface area contributed by atoms with Crippen molar-refractivity contribution in [1.29, 1.82) is 0 Å². The molecule has 0 aliphatic rings. The van der Waals surface area contributed by atoms with Crippen LogP contribution in [0, 0.1) is 6.92 Å². The van der Waals surface area contributed by atoms with Gasteiger partial charge in [0.25, 0.3) is 0 Å². The monoisotopic (exact) mass is 392 g/mol. The van der Waals surface area contributed by atoms with Gasteiger partial charge in [0, 0.05) is 0 Å². The molecule has 0 aromatic heterocycles. The highest BCUT2D eigenvalue weighted by molar-refractivity contribution is 7.72. The van der Waals surface area contributed by atoms with Crippen molar-refractivity contribution < 1.29 is 27.2 Å². The van der Waals surface area contributed by atoms with Crippen LogP contribution in [0.15, 0.2) is 24.3 Å². The van der Waals surface area contributed by atoms with Gasteiger partial charge in [-0.3, -0.25) is 9.13 Å². The van der Waals surface area contributed by atoms with Crippen LogP contribution in [-0.2, 0) is 33.6 Å². The van der Waals surface area contributed by atoms with Gasteiger partial charge in [0.15, 0.2) is 5.40 Å². The summed E-state index contributed by atoms with van der Waals surface area (Å²) in [5, 5.41) is -1.01. The second-order valence-corrected chi connectivity index (χ2v) is 10.3. The molecule has 1 aromatic rings. The Morgan fingerprint density at radius 1 is 0.760 bits per heavy atom. The van der Waals surface area contributed by atoms with Gasteiger partial charge in [-0.15, -0.1) is 0 Å². The van der Waals surface area contributed by atoms with Gasteiger partial charge in [0.1, 0.15) is 0 Å². The van der Waals surface area contributed by atoms with E-state index in [0.717, 1.165) is 11.1 Å². The molecule has 0 spiro atoms. The molecule has 0 fully saturated rings. The Kier molecular flexibility index (Phi) is 9.58. The highest BCUT2D eigenvalue weighted by atomic mass is 31.2. The summed E-state index contributed by atoms with van der Waals surface area (Å²) in [5.74, 6) is 0. The molecule has 25 heavy (non-hydrogen) atoms. The molecule has 0 unspecified atom stereocenters. The Bertz CT molecular complexity index is 552. The molecular weight excluding hydrogens is 362 g/mol. The van der Waals surface area contributed by atoms with E-state index in [1.165, 1.54) is 0 Å². The van der Waals surface area contributed by atoms with Gasteiger partial charge in [-0.2, -0.15) is 0 Å². The van der Waals surface area contributed by atoms with Crippen LogP contribution in [0.3, 0.4) is 0 Å². The molecule has 0 bridgehead atoms. The maximum absolute atomic E-state index is 13.4. The fourth-order valence-electron chi connectivity index (χ4n) is 2.47. The van der Waals surface area contributed by atoms with E-state index in [4.69, 9.17) is 18.1 Å². The van der Waals surface area contributed by atoms with E-state index in [1.807, 2.05) is 31.2 Å². The summed E-state index contributed by atoms with van der Waals surface area (Å²) in [7, 11) is -7.40. The van der Waals surface area contributed by atoms with Gasteiger partial charge < -0.3 is 18.1 Å². The topological polar surface area (TPSA) is 71.1 Å². The largest absolute Gasteiger partial charge is 0.346 e. The van der Waals surface area contributed by atoms with Crippen LogP contribution in [-0.4, -0.2) is 31.8 Å². The zero-order chi connectivity index (χ0) is 18.9. The minimum atomic E-state index is -3.70. The Labute approximate surface area is 151 Å². The Morgan fingerprint density at radius 2 is 1.12 bits per heavy atom. The molecule has 0 heterocycles. The third kappa shape index (κ3) is 6.32. The predicted molar refractivity (Wildman–Crippen MR) is 100 cm³/mol. The summed E-state index contributed by atoms with van der Waals surface area (Å²) in [6, 6.07) is 7.72. The van der Waals surface area contributed by atoms with Crippen molar-refractivity contribution in [3.05, 3.63) is 35.4 Å². The fraction of sp³-hybridized carbons (Fsp3) is 0.647. The lowest BCUT2D eigenvalue weighted by Gasteiger charge is -2.31. The average Bonchev–Trinajstić information content (AvgIpc) is 2.55. The molecule has 1 aromatic carbocycles. The summed E-state index contributed by atoms with van der Waals surface area (Å²) in [6.45, 7) is 9.60. The average molecular weight is 392 g/mol. The molecular formula is C17H30O6P2. The quantitative estimate of drug-likeness (QED) is 0.444. The summed E-state index contributed by atoms with van der Waals surface area (Å²) < 4.78 is 48.7. The van der Waals surface area contributed by atoms with Crippen LogP contribution < -0.4 is 0 Å². The number of rotatable bonds is 12. The first-order valence-corrected chi connectivity index (χ1v) is 11.9. The molecule has 0 aliphatic heterocycles. The molecule has 0 atom stereocenters. The second kappa shape index (κ2) is 10.6. The first-order chi connectivity index (χ1) is 11.8. The summed E-state index contributed by atoms with van der Waals surface area (Å²) >= 11 is 0. The van der Waals surface area contributed by atoms with Crippen molar-refractivity contribution in [3.8, 4) is 0 Å². The summed E-state index contributed by atoms with van der Waals surface area (Å²) in [5.41, 5.74) is 1.98. The van der Waals surface area contributed by atoms with Crippen molar-refractivity contribution in [2.75, 3.05) is 26.4 Å². The molecule has 0 saturated heterocycles. The van der Waals surface area contributed by atoms with E-state index in [2.05, 4.69) is 0 Å². The van der Waals surface area contributed by atoms with Crippen LogP contribution in [0.4, 0.5) is 0 Å². The third-order valence-corrected chi connectivity index (χ3v) is 9.50. The van der Waals surface area contributed by atoms with Crippen LogP contribution >= 0.6 is 15.2 Å². The van der Waals surface area contributed by atoms with Gasteiger partial charge in [-0.1, -0.05) is 29.8 Å². The number of aryl methyl sites for hydroxylation is 1. The Balaban J connectivity index is 3.34. The van der Waals surface area contributed by atoms with Crippen molar-refractivity contribution in [2.24, 2.45) is 0 Å². The zero-order valence-corrected chi connectivity index (χ0v) is 17.6. The van der Waals surface area contributed by atoms with Gasteiger partial charge >= 0.3 is 15.2 Å². The predicted octanol–water partition coefficient (Wildman–Crippen LogP) is 5.40. The SMILES string of the molecule is CCOP(=O)(OCC)C(Cc1ccc(C)cc1)P(=O)(OCC)OCC. The highest BCUT2D eigenvalue weighted by Gasteiger charge is 2.50. The standard InChI is InChI=1S/C17H30O6P2/c1-6-20-24(18,21-7-2)17(25(19,22-8-3)23-9-4)14-16-12-10-15(5)11-13-16/h10-13,17H,6-9,14H2,1-5H3. The molecule has 0 radical (unpaired) electrons. The van der Waals surface area contributed by atoms with Crippen LogP contribution in [0.5, 0.6) is 0 Å². The third-order valence-electron chi connectivity index (χ3n) is 3.51. The molecule has 8 heteroatoms. The normalized spacial score (nSPS) is 12.7. The lowest BCUT2D eigenvalue weighted by Crippen LogP contribution is -2.20. The van der Waals surface area contributed by atoms with E-state index in [9.17, 15) is 9.13 Å². The molecule has 0 saturated carbocycles. The molecule has 144 valence electrons. The molecule has 1 rings (SSSR count). The maximum Gasteiger partial charge on any atom is 0.346 e. The van der Waals surface area contributed by atoms with Crippen molar-refractivity contribution in [1.82, 2.24) is 0 Å². The number of hydrogen-bond acceptors (Lipinski definition) is 6. The van der Waals surface area contributed by atoms with Crippen molar-refractivity contribution >= 4 is 15.2 Å². The summed E-state index contributed by atoms with van der Waals surface area (Å²) in [6.07, 6.45) is 0.217. The van der Waals surface area contributed by atoms with E-state index < -0.39 is 20.6 Å². The lowest BCUT2D eigenvalue weighted by molar-refractivity contribution is 0.195. The zero-order valence-electron chi connectivity index (χ0n) is 15.8. The Hall–Kier alpha value is -0.480. The second-order valence-electron chi connectivity index (χ2n) is 5.42. The smallest absolute Gasteiger partial charge is 0.308 e. The molecule has 0 aliphatic carbocycles. The summed E-state index contributed by atoms with van der Waals surface area (Å²) in [4.78, 5) is 0. The first-order valence-electron chi connectivity index (χ1n) is 8.68. The lowest BCUT2D eigenvalue weighted by atomic mass is 10.1. The number of benzene rings is 1. The fourth-order valence-corrected chi connectivity index (χ4v) is 7.80. The van der Waals surface area contributed by atoms with Crippen molar-refractivity contribution in [2.45, 2.75) is 46.4 Å². The van der Waals surface area contributed by atoms with Gasteiger partial charge in [-0.05, 0) is 46.6 Å². The first kappa shape index (κ1) is 22.6. The van der Waals surface area contributed by atoms with Gasteiger partial charge in [0.2, 0.25) is 0 Å². The van der Waals surface area contributed by atoms with Crippen molar-refractivity contribution in [3.63, 3.8) is 0 Å². The molecule has 0 amide bonds. The molecule has 0 N–H and O–H groups in total. The molecule has 6 nitrogen and oxygen atoms in total. The van der Waals surface area contributed by atoms with E-state index in [-0.39, 0.29) is 32.8 Å². The maximum atomic E-state index is 13.4. The van der Waals surface area contributed by atoms with Crippen LogP contribution in [0.1, 0.15) is 38.8 Å². The highest BCUT2D eigenvalue weighted by Crippen LogP contribution is 2.71. The van der Waals surface area contributed by atoms with Gasteiger partial charge in [0.05, 0.1) is 26.4 Å².